The Hall–Kier alpha value is -3.01. The molecule has 172 valence electrons. The van der Waals surface area contributed by atoms with Crippen molar-refractivity contribution >= 4 is 50.7 Å². The van der Waals surface area contributed by atoms with E-state index in [-0.39, 0.29) is 32.9 Å². The number of aromatic nitrogens is 1. The lowest BCUT2D eigenvalue weighted by molar-refractivity contribution is 0.0998. The van der Waals surface area contributed by atoms with Crippen molar-refractivity contribution in [3.63, 3.8) is 0 Å². The summed E-state index contributed by atoms with van der Waals surface area (Å²) in [5.74, 6) is -0.674. The molecule has 0 unspecified atom stereocenters. The minimum atomic E-state index is -3.43. The van der Waals surface area contributed by atoms with Gasteiger partial charge in [0.15, 0.2) is 9.84 Å². The van der Waals surface area contributed by atoms with Crippen LogP contribution < -0.4 is 11.1 Å². The van der Waals surface area contributed by atoms with Crippen molar-refractivity contribution in [3.05, 3.63) is 75.5 Å². The molecule has 33 heavy (non-hydrogen) atoms. The van der Waals surface area contributed by atoms with E-state index >= 15 is 0 Å². The lowest BCUT2D eigenvalue weighted by Gasteiger charge is -2.28. The van der Waals surface area contributed by atoms with Gasteiger partial charge in [-0.3, -0.25) is 4.79 Å². The molecule has 11 heteroatoms. The van der Waals surface area contributed by atoms with Crippen LogP contribution in [0.5, 0.6) is 0 Å². The van der Waals surface area contributed by atoms with Crippen LogP contribution in [-0.4, -0.2) is 42.6 Å². The third kappa shape index (κ3) is 4.44. The highest BCUT2D eigenvalue weighted by atomic mass is 35.5. The Morgan fingerprint density at radius 3 is 2.39 bits per heavy atom. The van der Waals surface area contributed by atoms with Gasteiger partial charge in [-0.15, -0.1) is 0 Å². The number of hydrogen-bond acceptors (Lipinski definition) is 4. The first-order valence-corrected chi connectivity index (χ1v) is 12.6. The highest BCUT2D eigenvalue weighted by Gasteiger charge is 2.32. The minimum Gasteiger partial charge on any atom is -0.365 e. The molecule has 0 saturated carbocycles. The fourth-order valence-corrected chi connectivity index (χ4v) is 5.22. The fraction of sp³-hybridized carbons (Fsp3) is 0.182. The molecule has 3 amide bonds. The zero-order valence-electron chi connectivity index (χ0n) is 17.5. The van der Waals surface area contributed by atoms with Gasteiger partial charge in [0, 0.05) is 36.2 Å². The Balaban J connectivity index is 1.63. The van der Waals surface area contributed by atoms with Crippen LogP contribution in [0.25, 0.3) is 5.69 Å². The number of nitrogens with two attached hydrogens (primary N) is 1. The number of halogens is 2. The second kappa shape index (κ2) is 8.74. The summed E-state index contributed by atoms with van der Waals surface area (Å²) in [6.45, 7) is 0.487. The van der Waals surface area contributed by atoms with Gasteiger partial charge in [-0.25, -0.2) is 13.2 Å². The second-order valence-electron chi connectivity index (χ2n) is 7.64. The number of benzene rings is 2. The molecule has 0 fully saturated rings. The highest BCUT2D eigenvalue weighted by molar-refractivity contribution is 7.90. The van der Waals surface area contributed by atoms with E-state index < -0.39 is 21.8 Å². The molecule has 0 atom stereocenters. The van der Waals surface area contributed by atoms with E-state index in [1.807, 2.05) is 30.3 Å². The number of para-hydroxylation sites is 1. The van der Waals surface area contributed by atoms with Crippen LogP contribution in [-0.2, 0) is 22.8 Å². The number of sulfone groups is 1. The highest BCUT2D eigenvalue weighted by Crippen LogP contribution is 2.35. The fourth-order valence-electron chi connectivity index (χ4n) is 3.87. The number of nitrogens with one attached hydrogen (secondary N) is 1. The van der Waals surface area contributed by atoms with Crippen LogP contribution in [0, 0.1) is 0 Å². The van der Waals surface area contributed by atoms with E-state index in [0.717, 1.165) is 17.6 Å². The molecular formula is C22H20Cl2N4O4S. The predicted octanol–water partition coefficient (Wildman–Crippen LogP) is 3.88. The molecule has 3 N–H and O–H groups in total. The van der Waals surface area contributed by atoms with Gasteiger partial charge in [-0.05, 0) is 30.3 Å². The topological polar surface area (TPSA) is 114 Å². The molecule has 1 aromatic heterocycles. The molecule has 1 aliphatic heterocycles. The molecule has 0 saturated heterocycles. The number of rotatable bonds is 4. The molecule has 2 aromatic carbocycles. The Labute approximate surface area is 200 Å². The Kier molecular flexibility index (Phi) is 6.13. The molecule has 1 aliphatic rings. The summed E-state index contributed by atoms with van der Waals surface area (Å²) < 4.78 is 25.2. The maximum absolute atomic E-state index is 12.9. The summed E-state index contributed by atoms with van der Waals surface area (Å²) in [6, 6.07) is 13.0. The summed E-state index contributed by atoms with van der Waals surface area (Å²) >= 11 is 12.7. The lowest BCUT2D eigenvalue weighted by atomic mass is 10.0. The monoisotopic (exact) mass is 506 g/mol. The van der Waals surface area contributed by atoms with Crippen molar-refractivity contribution < 1.29 is 18.0 Å². The van der Waals surface area contributed by atoms with Crippen LogP contribution in [0.1, 0.15) is 21.6 Å². The number of carbonyl (C=O) groups excluding carboxylic acids is 2. The van der Waals surface area contributed by atoms with Crippen LogP contribution in [0.4, 0.5) is 10.5 Å². The van der Waals surface area contributed by atoms with Gasteiger partial charge in [0.1, 0.15) is 5.15 Å². The number of nitrogens with zero attached hydrogens (tertiary/aromatic N) is 2. The molecule has 2 heterocycles. The van der Waals surface area contributed by atoms with E-state index in [1.54, 1.807) is 4.57 Å². The van der Waals surface area contributed by atoms with Crippen molar-refractivity contribution in [3.8, 4) is 5.69 Å². The van der Waals surface area contributed by atoms with Crippen molar-refractivity contribution in [1.82, 2.24) is 9.47 Å². The molecule has 0 bridgehead atoms. The third-order valence-corrected chi connectivity index (χ3v) is 7.23. The first-order chi connectivity index (χ1) is 15.6. The summed E-state index contributed by atoms with van der Waals surface area (Å²) in [7, 11) is -3.43. The number of carbonyl (C=O) groups is 2. The van der Waals surface area contributed by atoms with Gasteiger partial charge in [-0.2, -0.15) is 0 Å². The SMILES string of the molecule is CS(=O)(=O)c1ccc(NC(=O)N2CCc3c(c(C(N)=O)c(Cl)n3-c3ccccc3)C2)c(Cl)c1. The number of anilines is 1. The molecule has 0 spiro atoms. The third-order valence-electron chi connectivity index (χ3n) is 5.45. The molecule has 4 rings (SSSR count). The zero-order valence-corrected chi connectivity index (χ0v) is 19.8. The normalized spacial score (nSPS) is 13.5. The maximum Gasteiger partial charge on any atom is 0.322 e. The number of hydrogen-bond donors (Lipinski definition) is 2. The average molecular weight is 507 g/mol. The number of fused-ring (bicyclic) bond motifs is 1. The summed E-state index contributed by atoms with van der Waals surface area (Å²) in [4.78, 5) is 26.7. The van der Waals surface area contributed by atoms with E-state index in [4.69, 9.17) is 28.9 Å². The molecule has 8 nitrogen and oxygen atoms in total. The quantitative estimate of drug-likeness (QED) is 0.558. The van der Waals surface area contributed by atoms with E-state index in [2.05, 4.69) is 5.32 Å². The van der Waals surface area contributed by atoms with Crippen LogP contribution in [0.3, 0.4) is 0 Å². The average Bonchev–Trinajstić information content (AvgIpc) is 3.06. The van der Waals surface area contributed by atoms with E-state index in [9.17, 15) is 18.0 Å². The molecule has 0 aliphatic carbocycles. The van der Waals surface area contributed by atoms with Crippen molar-refractivity contribution in [1.29, 1.82) is 0 Å². The van der Waals surface area contributed by atoms with Crippen molar-refractivity contribution in [2.24, 2.45) is 5.73 Å². The molecular weight excluding hydrogens is 487 g/mol. The van der Waals surface area contributed by atoms with Crippen LogP contribution in [0.15, 0.2) is 53.4 Å². The van der Waals surface area contributed by atoms with Gasteiger partial charge in [0.2, 0.25) is 0 Å². The second-order valence-corrected chi connectivity index (χ2v) is 10.4. The lowest BCUT2D eigenvalue weighted by Crippen LogP contribution is -2.39. The number of urea groups is 1. The van der Waals surface area contributed by atoms with Gasteiger partial charge in [-0.1, -0.05) is 41.4 Å². The zero-order chi connectivity index (χ0) is 23.9. The minimum absolute atomic E-state index is 0.0520. The summed E-state index contributed by atoms with van der Waals surface area (Å²) in [5.41, 5.74) is 8.29. The van der Waals surface area contributed by atoms with E-state index in [0.29, 0.717) is 18.5 Å². The first kappa shape index (κ1) is 23.2. The van der Waals surface area contributed by atoms with Crippen LogP contribution >= 0.6 is 23.2 Å². The van der Waals surface area contributed by atoms with Gasteiger partial charge in [0.05, 0.1) is 27.7 Å². The van der Waals surface area contributed by atoms with Gasteiger partial charge >= 0.3 is 6.03 Å². The Bertz CT molecular complexity index is 1370. The largest absolute Gasteiger partial charge is 0.365 e. The smallest absolute Gasteiger partial charge is 0.322 e. The Morgan fingerprint density at radius 2 is 1.79 bits per heavy atom. The molecule has 0 radical (unpaired) electrons. The predicted molar refractivity (Wildman–Crippen MR) is 127 cm³/mol. The van der Waals surface area contributed by atoms with Crippen molar-refractivity contribution in [2.45, 2.75) is 17.9 Å². The van der Waals surface area contributed by atoms with Gasteiger partial charge < -0.3 is 20.5 Å². The Morgan fingerprint density at radius 1 is 1.09 bits per heavy atom. The van der Waals surface area contributed by atoms with Crippen LogP contribution in [0.2, 0.25) is 10.2 Å². The molecule has 3 aromatic rings. The summed E-state index contributed by atoms with van der Waals surface area (Å²) in [6.07, 6.45) is 1.52. The first-order valence-electron chi connectivity index (χ1n) is 9.90. The summed E-state index contributed by atoms with van der Waals surface area (Å²) in [5, 5.41) is 3.00. The number of primary amides is 1. The van der Waals surface area contributed by atoms with Gasteiger partial charge in [0.25, 0.3) is 5.91 Å². The standard InChI is InChI=1S/C22H20Cl2N4O4S/c1-33(31,32)14-7-8-17(16(23)11-14)26-22(30)27-10-9-18-15(12-27)19(21(25)29)20(24)28(18)13-5-3-2-4-6-13/h2-8,11H,9-10,12H2,1H3,(H2,25,29)(H,26,30). The number of amides is 3. The van der Waals surface area contributed by atoms with E-state index in [1.165, 1.54) is 23.1 Å². The maximum atomic E-state index is 12.9. The van der Waals surface area contributed by atoms with Crippen molar-refractivity contribution in [2.75, 3.05) is 18.1 Å².